The maximum absolute atomic E-state index is 10.2. The quantitative estimate of drug-likeness (QED) is 0.608. The number of nitrogens with zero attached hydrogens (tertiary/aromatic N) is 2. The van der Waals surface area contributed by atoms with Crippen LogP contribution in [0.3, 0.4) is 0 Å². The fourth-order valence-corrected chi connectivity index (χ4v) is 1.03. The topological polar surface area (TPSA) is 91.3 Å². The van der Waals surface area contributed by atoms with Gasteiger partial charge in [-0.3, -0.25) is 10.1 Å². The van der Waals surface area contributed by atoms with Crippen LogP contribution in [0.5, 0.6) is 5.88 Å². The lowest BCUT2D eigenvalue weighted by Crippen LogP contribution is -2.04. The van der Waals surface area contributed by atoms with Crippen molar-refractivity contribution in [3.63, 3.8) is 0 Å². The Balaban J connectivity index is 3.10. The minimum Gasteiger partial charge on any atom is -0.390 e. The molecule has 64 valence electrons. The van der Waals surface area contributed by atoms with Gasteiger partial charge in [0, 0.05) is 6.07 Å². The van der Waals surface area contributed by atoms with Crippen LogP contribution in [0.4, 0.5) is 5.69 Å². The fraction of sp³-hybridized carbons (Fsp3) is 0. The van der Waals surface area contributed by atoms with Crippen LogP contribution >= 0.6 is 15.9 Å². The first-order chi connectivity index (χ1) is 5.65. The van der Waals surface area contributed by atoms with Crippen LogP contribution in [0.1, 0.15) is 0 Å². The summed E-state index contributed by atoms with van der Waals surface area (Å²) in [7, 11) is 0. The number of nitro groups is 1. The highest BCUT2D eigenvalue weighted by Crippen LogP contribution is 2.25. The highest BCUT2D eigenvalue weighted by atomic mass is 79.9. The van der Waals surface area contributed by atoms with Gasteiger partial charge in [-0.25, -0.2) is 4.98 Å². The molecule has 1 rings (SSSR count). The normalized spacial score (nSPS) is 9.50. The lowest BCUT2D eigenvalue weighted by molar-refractivity contribution is -0.385. The van der Waals surface area contributed by atoms with Gasteiger partial charge >= 0.3 is 0 Å². The Kier molecular flexibility index (Phi) is 2.56. The molecule has 0 aliphatic heterocycles. The van der Waals surface area contributed by atoms with Gasteiger partial charge in [0.15, 0.2) is 0 Å². The molecule has 0 fully saturated rings. The molecular formula is C5H4BrN3O3. The number of rotatable bonds is 2. The number of aromatic nitrogens is 1. The highest BCUT2D eigenvalue weighted by molar-refractivity contribution is 9.10. The Labute approximate surface area is 75.6 Å². The molecule has 0 saturated carbocycles. The first kappa shape index (κ1) is 8.88. The molecule has 1 aromatic heterocycles. The van der Waals surface area contributed by atoms with Gasteiger partial charge in [0.05, 0.1) is 9.40 Å². The second kappa shape index (κ2) is 3.46. The van der Waals surface area contributed by atoms with Crippen molar-refractivity contribution in [1.82, 2.24) is 4.98 Å². The van der Waals surface area contributed by atoms with E-state index in [0.717, 1.165) is 6.20 Å². The van der Waals surface area contributed by atoms with Crippen molar-refractivity contribution < 1.29 is 9.76 Å². The molecule has 1 heterocycles. The summed E-state index contributed by atoms with van der Waals surface area (Å²) in [5, 5.41) is 10.2. The summed E-state index contributed by atoms with van der Waals surface area (Å²) in [5.41, 5.74) is -0.123. The van der Waals surface area contributed by atoms with Crippen molar-refractivity contribution >= 4 is 21.6 Å². The van der Waals surface area contributed by atoms with Crippen molar-refractivity contribution in [3.8, 4) is 5.88 Å². The van der Waals surface area contributed by atoms with Gasteiger partial charge in [0.2, 0.25) is 0 Å². The molecule has 0 saturated heterocycles. The minimum atomic E-state index is -0.557. The van der Waals surface area contributed by atoms with Crippen molar-refractivity contribution in [2.75, 3.05) is 0 Å². The molecule has 0 aliphatic carbocycles. The summed E-state index contributed by atoms with van der Waals surface area (Å²) in [5.74, 6) is 4.93. The third-order valence-corrected chi connectivity index (χ3v) is 1.68. The third-order valence-electron chi connectivity index (χ3n) is 1.12. The smallest absolute Gasteiger partial charge is 0.288 e. The molecule has 1 aromatic rings. The molecule has 7 heteroatoms. The second-order valence-corrected chi connectivity index (χ2v) is 2.71. The van der Waals surface area contributed by atoms with Crippen LogP contribution < -0.4 is 10.7 Å². The average molecular weight is 234 g/mol. The molecule has 0 aliphatic rings. The molecule has 0 atom stereocenters. The zero-order valence-corrected chi connectivity index (χ0v) is 7.32. The summed E-state index contributed by atoms with van der Waals surface area (Å²) in [6, 6.07) is 1.26. The van der Waals surface area contributed by atoms with Gasteiger partial charge in [-0.1, -0.05) is 0 Å². The van der Waals surface area contributed by atoms with Gasteiger partial charge in [-0.2, -0.15) is 5.90 Å². The van der Waals surface area contributed by atoms with E-state index in [1.165, 1.54) is 6.07 Å². The summed E-state index contributed by atoms with van der Waals surface area (Å²) in [6.45, 7) is 0. The fourth-order valence-electron chi connectivity index (χ4n) is 0.602. The largest absolute Gasteiger partial charge is 0.390 e. The van der Waals surface area contributed by atoms with Crippen LogP contribution in [0.25, 0.3) is 0 Å². The maximum Gasteiger partial charge on any atom is 0.288 e. The first-order valence-electron chi connectivity index (χ1n) is 2.82. The number of halogens is 1. The zero-order chi connectivity index (χ0) is 9.14. The van der Waals surface area contributed by atoms with Crippen molar-refractivity contribution in [3.05, 3.63) is 26.9 Å². The van der Waals surface area contributed by atoms with E-state index in [4.69, 9.17) is 5.90 Å². The second-order valence-electron chi connectivity index (χ2n) is 1.86. The van der Waals surface area contributed by atoms with E-state index < -0.39 is 4.92 Å². The van der Waals surface area contributed by atoms with E-state index in [-0.39, 0.29) is 11.6 Å². The molecule has 0 radical (unpaired) electrons. The Morgan fingerprint density at radius 2 is 2.42 bits per heavy atom. The molecule has 0 aromatic carbocycles. The SMILES string of the molecule is NOc1ncc([N+](=O)[O-])cc1Br. The van der Waals surface area contributed by atoms with E-state index in [0.29, 0.717) is 4.47 Å². The van der Waals surface area contributed by atoms with Crippen LogP contribution in [0, 0.1) is 10.1 Å². The van der Waals surface area contributed by atoms with Crippen molar-refractivity contribution in [2.45, 2.75) is 0 Å². The molecule has 2 N–H and O–H groups in total. The maximum atomic E-state index is 10.2. The lowest BCUT2D eigenvalue weighted by atomic mass is 10.4. The molecule has 0 spiro atoms. The molecule has 0 unspecified atom stereocenters. The predicted octanol–water partition coefficient (Wildman–Crippen LogP) is 1.00. The Morgan fingerprint density at radius 1 is 1.75 bits per heavy atom. The summed E-state index contributed by atoms with van der Waals surface area (Å²) in [4.78, 5) is 17.5. The van der Waals surface area contributed by atoms with Crippen molar-refractivity contribution in [2.24, 2.45) is 5.90 Å². The zero-order valence-electron chi connectivity index (χ0n) is 5.73. The van der Waals surface area contributed by atoms with Gasteiger partial charge in [-0.05, 0) is 15.9 Å². The van der Waals surface area contributed by atoms with E-state index in [9.17, 15) is 10.1 Å². The first-order valence-corrected chi connectivity index (χ1v) is 3.61. The van der Waals surface area contributed by atoms with E-state index in [2.05, 4.69) is 25.8 Å². The number of pyridine rings is 1. The average Bonchev–Trinajstić information content (AvgIpc) is 2.04. The Bertz CT molecular complexity index is 317. The van der Waals surface area contributed by atoms with Crippen LogP contribution in [0.2, 0.25) is 0 Å². The minimum absolute atomic E-state index is 0.112. The van der Waals surface area contributed by atoms with E-state index in [1.807, 2.05) is 0 Å². The Hall–Kier alpha value is -1.21. The lowest BCUT2D eigenvalue weighted by Gasteiger charge is -1.98. The summed E-state index contributed by atoms with van der Waals surface area (Å²) >= 11 is 3.00. The van der Waals surface area contributed by atoms with Gasteiger partial charge in [0.25, 0.3) is 11.6 Å². The summed E-state index contributed by atoms with van der Waals surface area (Å²) < 4.78 is 0.346. The predicted molar refractivity (Wildman–Crippen MR) is 43.4 cm³/mol. The molecule has 0 bridgehead atoms. The molecule has 12 heavy (non-hydrogen) atoms. The third kappa shape index (κ3) is 1.69. The van der Waals surface area contributed by atoms with Gasteiger partial charge in [0.1, 0.15) is 6.20 Å². The molecule has 6 nitrogen and oxygen atoms in total. The molecule has 0 amide bonds. The van der Waals surface area contributed by atoms with Gasteiger partial charge < -0.3 is 4.84 Å². The molecular weight excluding hydrogens is 230 g/mol. The number of hydrogen-bond donors (Lipinski definition) is 1. The monoisotopic (exact) mass is 233 g/mol. The van der Waals surface area contributed by atoms with Crippen LogP contribution in [-0.4, -0.2) is 9.91 Å². The number of hydrogen-bond acceptors (Lipinski definition) is 5. The Morgan fingerprint density at radius 3 is 2.83 bits per heavy atom. The van der Waals surface area contributed by atoms with Crippen LogP contribution in [0.15, 0.2) is 16.7 Å². The summed E-state index contributed by atoms with van der Waals surface area (Å²) in [6.07, 6.45) is 1.06. The number of nitrogens with two attached hydrogens (primary N) is 1. The van der Waals surface area contributed by atoms with E-state index >= 15 is 0 Å². The van der Waals surface area contributed by atoms with Crippen molar-refractivity contribution in [1.29, 1.82) is 0 Å². The van der Waals surface area contributed by atoms with E-state index in [1.54, 1.807) is 0 Å². The van der Waals surface area contributed by atoms with Gasteiger partial charge in [-0.15, -0.1) is 0 Å². The highest BCUT2D eigenvalue weighted by Gasteiger charge is 2.10. The van der Waals surface area contributed by atoms with Crippen LogP contribution in [-0.2, 0) is 0 Å². The standard InChI is InChI=1S/C5H4BrN3O3/c6-4-1-3(9(10)11)2-8-5(4)12-7/h1-2H,7H2.